The van der Waals surface area contributed by atoms with E-state index in [1.807, 2.05) is 18.2 Å². The molecular formula is C16H17IO. The Morgan fingerprint density at radius 2 is 1.78 bits per heavy atom. The van der Waals surface area contributed by atoms with Crippen molar-refractivity contribution in [1.29, 1.82) is 0 Å². The summed E-state index contributed by atoms with van der Waals surface area (Å²) >= 11 is 2.29. The zero-order valence-electron chi connectivity index (χ0n) is 10.7. The Balaban J connectivity index is 1.98. The van der Waals surface area contributed by atoms with Gasteiger partial charge in [-0.05, 0) is 57.8 Å². The van der Waals surface area contributed by atoms with Gasteiger partial charge in [0.25, 0.3) is 0 Å². The molecule has 0 saturated heterocycles. The van der Waals surface area contributed by atoms with Crippen LogP contribution in [0.15, 0.2) is 48.5 Å². The third-order valence-corrected chi connectivity index (χ3v) is 3.52. The molecule has 0 radical (unpaired) electrons. The standard InChI is InChI=1S/C16H17IO/c1-12(2)14-8-6-13(7-9-14)11-18-16-5-3-4-15(17)10-16/h3-10,12H,11H2,1-2H3. The van der Waals surface area contributed by atoms with E-state index in [0.29, 0.717) is 12.5 Å². The molecule has 0 fully saturated rings. The largest absolute Gasteiger partial charge is 0.489 e. The molecule has 2 aromatic rings. The molecule has 0 amide bonds. The van der Waals surface area contributed by atoms with Gasteiger partial charge in [-0.3, -0.25) is 0 Å². The van der Waals surface area contributed by atoms with Gasteiger partial charge in [-0.15, -0.1) is 0 Å². The summed E-state index contributed by atoms with van der Waals surface area (Å²) in [7, 11) is 0. The van der Waals surface area contributed by atoms with Crippen LogP contribution >= 0.6 is 22.6 Å². The third kappa shape index (κ3) is 3.73. The first-order valence-corrected chi connectivity index (χ1v) is 7.20. The van der Waals surface area contributed by atoms with E-state index < -0.39 is 0 Å². The van der Waals surface area contributed by atoms with Crippen molar-refractivity contribution in [3.63, 3.8) is 0 Å². The average molecular weight is 352 g/mol. The predicted octanol–water partition coefficient (Wildman–Crippen LogP) is 4.99. The Hall–Kier alpha value is -1.03. The first-order valence-electron chi connectivity index (χ1n) is 6.12. The van der Waals surface area contributed by atoms with Crippen LogP contribution in [0.1, 0.15) is 30.9 Å². The number of benzene rings is 2. The van der Waals surface area contributed by atoms with Crippen LogP contribution in [-0.4, -0.2) is 0 Å². The molecule has 0 aromatic heterocycles. The van der Waals surface area contributed by atoms with Crippen molar-refractivity contribution < 1.29 is 4.74 Å². The Kier molecular flexibility index (Phi) is 4.64. The molecule has 0 aliphatic carbocycles. The van der Waals surface area contributed by atoms with Gasteiger partial charge >= 0.3 is 0 Å². The molecule has 2 heteroatoms. The molecule has 0 heterocycles. The summed E-state index contributed by atoms with van der Waals surface area (Å²) < 4.78 is 6.96. The number of hydrogen-bond donors (Lipinski definition) is 0. The van der Waals surface area contributed by atoms with Crippen LogP contribution in [0.25, 0.3) is 0 Å². The van der Waals surface area contributed by atoms with Crippen LogP contribution in [0.2, 0.25) is 0 Å². The quantitative estimate of drug-likeness (QED) is 0.704. The maximum absolute atomic E-state index is 5.77. The highest BCUT2D eigenvalue weighted by Crippen LogP contribution is 2.18. The Labute approximate surface area is 122 Å². The Bertz CT molecular complexity index is 503. The lowest BCUT2D eigenvalue weighted by Gasteiger charge is -2.09. The fourth-order valence-electron chi connectivity index (χ4n) is 1.72. The minimum absolute atomic E-state index is 0.579. The number of ether oxygens (including phenoxy) is 1. The first kappa shape index (κ1) is 13.4. The van der Waals surface area contributed by atoms with Crippen LogP contribution in [-0.2, 0) is 6.61 Å². The van der Waals surface area contributed by atoms with Crippen molar-refractivity contribution >= 4 is 22.6 Å². The van der Waals surface area contributed by atoms with Crippen LogP contribution in [0.4, 0.5) is 0 Å². The summed E-state index contributed by atoms with van der Waals surface area (Å²) in [6.45, 7) is 5.04. The summed E-state index contributed by atoms with van der Waals surface area (Å²) in [5.74, 6) is 1.51. The zero-order valence-corrected chi connectivity index (χ0v) is 12.8. The van der Waals surface area contributed by atoms with Gasteiger partial charge in [-0.2, -0.15) is 0 Å². The van der Waals surface area contributed by atoms with Crippen LogP contribution in [0, 0.1) is 3.57 Å². The number of halogens is 1. The molecule has 0 atom stereocenters. The maximum Gasteiger partial charge on any atom is 0.120 e. The van der Waals surface area contributed by atoms with Crippen LogP contribution in [0.3, 0.4) is 0 Å². The molecule has 0 spiro atoms. The monoisotopic (exact) mass is 352 g/mol. The van der Waals surface area contributed by atoms with E-state index in [0.717, 1.165) is 5.75 Å². The second kappa shape index (κ2) is 6.23. The van der Waals surface area contributed by atoms with Gasteiger partial charge in [0.15, 0.2) is 0 Å². The molecule has 94 valence electrons. The van der Waals surface area contributed by atoms with E-state index in [2.05, 4.69) is 66.8 Å². The van der Waals surface area contributed by atoms with Crippen molar-refractivity contribution in [3.8, 4) is 5.75 Å². The van der Waals surface area contributed by atoms with Crippen molar-refractivity contribution in [2.45, 2.75) is 26.4 Å². The average Bonchev–Trinajstić information content (AvgIpc) is 2.37. The maximum atomic E-state index is 5.77. The summed E-state index contributed by atoms with van der Waals surface area (Å²) in [4.78, 5) is 0. The fourth-order valence-corrected chi connectivity index (χ4v) is 2.24. The zero-order chi connectivity index (χ0) is 13.0. The lowest BCUT2D eigenvalue weighted by Crippen LogP contribution is -1.96. The van der Waals surface area contributed by atoms with Gasteiger partial charge in [0.2, 0.25) is 0 Å². The molecule has 0 unspecified atom stereocenters. The van der Waals surface area contributed by atoms with E-state index in [-0.39, 0.29) is 0 Å². The summed E-state index contributed by atoms with van der Waals surface area (Å²) in [6.07, 6.45) is 0. The van der Waals surface area contributed by atoms with E-state index in [4.69, 9.17) is 4.74 Å². The lowest BCUT2D eigenvalue weighted by molar-refractivity contribution is 0.306. The fraction of sp³-hybridized carbons (Fsp3) is 0.250. The topological polar surface area (TPSA) is 9.23 Å². The summed E-state index contributed by atoms with van der Waals surface area (Å²) in [5.41, 5.74) is 2.58. The van der Waals surface area contributed by atoms with E-state index in [1.165, 1.54) is 14.7 Å². The molecule has 2 rings (SSSR count). The van der Waals surface area contributed by atoms with E-state index >= 15 is 0 Å². The molecule has 2 aromatic carbocycles. The third-order valence-electron chi connectivity index (χ3n) is 2.85. The van der Waals surface area contributed by atoms with Crippen LogP contribution in [0.5, 0.6) is 5.75 Å². The minimum Gasteiger partial charge on any atom is -0.489 e. The molecule has 0 N–H and O–H groups in total. The normalized spacial score (nSPS) is 10.7. The van der Waals surface area contributed by atoms with Crippen molar-refractivity contribution in [2.75, 3.05) is 0 Å². The summed E-state index contributed by atoms with van der Waals surface area (Å²) in [5, 5.41) is 0. The number of rotatable bonds is 4. The van der Waals surface area contributed by atoms with Crippen molar-refractivity contribution in [3.05, 3.63) is 63.2 Å². The highest BCUT2D eigenvalue weighted by Gasteiger charge is 2.00. The highest BCUT2D eigenvalue weighted by atomic mass is 127. The number of hydrogen-bond acceptors (Lipinski definition) is 1. The Morgan fingerprint density at radius 1 is 1.06 bits per heavy atom. The van der Waals surface area contributed by atoms with Crippen molar-refractivity contribution in [2.24, 2.45) is 0 Å². The Morgan fingerprint density at radius 3 is 2.39 bits per heavy atom. The molecule has 0 aliphatic rings. The molecule has 0 bridgehead atoms. The predicted molar refractivity (Wildman–Crippen MR) is 84.0 cm³/mol. The van der Waals surface area contributed by atoms with Gasteiger partial charge < -0.3 is 4.74 Å². The second-order valence-corrected chi connectivity index (χ2v) is 5.89. The smallest absolute Gasteiger partial charge is 0.120 e. The van der Waals surface area contributed by atoms with Crippen LogP contribution < -0.4 is 4.74 Å². The van der Waals surface area contributed by atoms with Gasteiger partial charge in [-0.25, -0.2) is 0 Å². The molecule has 0 aliphatic heterocycles. The van der Waals surface area contributed by atoms with E-state index in [9.17, 15) is 0 Å². The second-order valence-electron chi connectivity index (χ2n) is 4.64. The molecule has 1 nitrogen and oxygen atoms in total. The SMILES string of the molecule is CC(C)c1ccc(COc2cccc(I)c2)cc1. The van der Waals surface area contributed by atoms with Crippen molar-refractivity contribution in [1.82, 2.24) is 0 Å². The molecule has 18 heavy (non-hydrogen) atoms. The highest BCUT2D eigenvalue weighted by molar-refractivity contribution is 14.1. The molecule has 0 saturated carbocycles. The molecular weight excluding hydrogens is 335 g/mol. The lowest BCUT2D eigenvalue weighted by atomic mass is 10.0. The van der Waals surface area contributed by atoms with Gasteiger partial charge in [0.1, 0.15) is 12.4 Å². The summed E-state index contributed by atoms with van der Waals surface area (Å²) in [6, 6.07) is 16.8. The van der Waals surface area contributed by atoms with Gasteiger partial charge in [0, 0.05) is 3.57 Å². The van der Waals surface area contributed by atoms with Gasteiger partial charge in [0.05, 0.1) is 0 Å². The van der Waals surface area contributed by atoms with E-state index in [1.54, 1.807) is 0 Å². The minimum atomic E-state index is 0.579. The van der Waals surface area contributed by atoms with Gasteiger partial charge in [-0.1, -0.05) is 44.2 Å². The first-order chi connectivity index (χ1) is 8.65.